The highest BCUT2D eigenvalue weighted by molar-refractivity contribution is 5.91. The van der Waals surface area contributed by atoms with E-state index in [9.17, 15) is 9.59 Å². The third-order valence-corrected chi connectivity index (χ3v) is 2.34. The fourth-order valence-electron chi connectivity index (χ4n) is 1.26. The van der Waals surface area contributed by atoms with Gasteiger partial charge in [0.2, 0.25) is 0 Å². The Morgan fingerprint density at radius 3 is 1.75 bits per heavy atom. The summed E-state index contributed by atoms with van der Waals surface area (Å²) < 4.78 is 0. The maximum atomic E-state index is 10.3. The zero-order chi connectivity index (χ0) is 15.4. The fraction of sp³-hybridized carbons (Fsp3) is 0.286. The summed E-state index contributed by atoms with van der Waals surface area (Å²) in [7, 11) is 0. The van der Waals surface area contributed by atoms with Crippen LogP contribution in [0.5, 0.6) is 0 Å². The van der Waals surface area contributed by atoms with E-state index >= 15 is 0 Å². The first-order chi connectivity index (χ1) is 9.52. The summed E-state index contributed by atoms with van der Waals surface area (Å²) in [5.41, 5.74) is 10.5. The largest absolute Gasteiger partial charge is 0.478 e. The second-order valence-electron chi connectivity index (χ2n) is 3.90. The number of carboxylic acid groups (broad SMARTS) is 2. The molecule has 6 N–H and O–H groups in total. The second kappa shape index (κ2) is 10.6. The SMILES string of the molecule is NC=CCCCCN.O=C(O)c1ccc(C(=O)O)cc1. The molecule has 0 saturated heterocycles. The maximum absolute atomic E-state index is 10.3. The normalized spacial score (nSPS) is 9.85. The van der Waals surface area contributed by atoms with Crippen molar-refractivity contribution < 1.29 is 19.8 Å². The monoisotopic (exact) mass is 280 g/mol. The Hall–Kier alpha value is -2.34. The zero-order valence-electron chi connectivity index (χ0n) is 11.2. The first kappa shape index (κ1) is 17.7. The van der Waals surface area contributed by atoms with E-state index in [0.29, 0.717) is 0 Å². The molecule has 1 aromatic carbocycles. The van der Waals surface area contributed by atoms with E-state index in [4.69, 9.17) is 21.7 Å². The Bertz CT molecular complexity index is 408. The van der Waals surface area contributed by atoms with Crippen LogP contribution >= 0.6 is 0 Å². The molecule has 0 heterocycles. The lowest BCUT2D eigenvalue weighted by atomic mass is 10.1. The number of allylic oxidation sites excluding steroid dienone is 1. The predicted octanol–water partition coefficient (Wildman–Crippen LogP) is 1.67. The van der Waals surface area contributed by atoms with Crippen molar-refractivity contribution in [1.29, 1.82) is 0 Å². The Balaban J connectivity index is 0.000000396. The average molecular weight is 280 g/mol. The molecule has 0 radical (unpaired) electrons. The molecule has 0 fully saturated rings. The van der Waals surface area contributed by atoms with Crippen LogP contribution < -0.4 is 11.5 Å². The predicted molar refractivity (Wildman–Crippen MR) is 76.6 cm³/mol. The van der Waals surface area contributed by atoms with Crippen molar-refractivity contribution in [2.45, 2.75) is 19.3 Å². The number of benzene rings is 1. The highest BCUT2D eigenvalue weighted by Gasteiger charge is 2.04. The van der Waals surface area contributed by atoms with Crippen LogP contribution in [0.25, 0.3) is 0 Å². The van der Waals surface area contributed by atoms with Crippen molar-refractivity contribution in [2.75, 3.05) is 6.54 Å². The molecule has 0 spiro atoms. The number of hydrogen-bond donors (Lipinski definition) is 4. The van der Waals surface area contributed by atoms with E-state index in [0.717, 1.165) is 25.8 Å². The first-order valence-electron chi connectivity index (χ1n) is 6.16. The lowest BCUT2D eigenvalue weighted by molar-refractivity contribution is 0.0681. The van der Waals surface area contributed by atoms with Gasteiger partial charge in [-0.2, -0.15) is 0 Å². The van der Waals surface area contributed by atoms with Gasteiger partial charge in [0.05, 0.1) is 11.1 Å². The van der Waals surface area contributed by atoms with Gasteiger partial charge in [0.15, 0.2) is 0 Å². The van der Waals surface area contributed by atoms with Gasteiger partial charge in [-0.3, -0.25) is 0 Å². The Kier molecular flexibility index (Phi) is 9.33. The molecule has 6 heteroatoms. The van der Waals surface area contributed by atoms with Gasteiger partial charge in [0, 0.05) is 0 Å². The first-order valence-corrected chi connectivity index (χ1v) is 6.16. The van der Waals surface area contributed by atoms with Gasteiger partial charge in [-0.05, 0) is 56.3 Å². The smallest absolute Gasteiger partial charge is 0.335 e. The number of hydrogen-bond acceptors (Lipinski definition) is 4. The van der Waals surface area contributed by atoms with Crippen LogP contribution in [0.4, 0.5) is 0 Å². The molecule has 0 aliphatic carbocycles. The minimum atomic E-state index is -1.06. The van der Waals surface area contributed by atoms with E-state index in [-0.39, 0.29) is 11.1 Å². The van der Waals surface area contributed by atoms with Crippen molar-refractivity contribution in [3.8, 4) is 0 Å². The fourth-order valence-corrected chi connectivity index (χ4v) is 1.26. The van der Waals surface area contributed by atoms with Crippen LogP contribution in [0.1, 0.15) is 40.0 Å². The molecule has 0 atom stereocenters. The molecule has 1 aromatic rings. The van der Waals surface area contributed by atoms with E-state index in [1.807, 2.05) is 6.08 Å². The summed E-state index contributed by atoms with van der Waals surface area (Å²) in [6, 6.07) is 5.02. The number of unbranched alkanes of at least 4 members (excludes halogenated alkanes) is 2. The van der Waals surface area contributed by atoms with Gasteiger partial charge in [-0.15, -0.1) is 0 Å². The van der Waals surface area contributed by atoms with Crippen LogP contribution in [0.3, 0.4) is 0 Å². The zero-order valence-corrected chi connectivity index (χ0v) is 11.2. The molecule has 6 nitrogen and oxygen atoms in total. The minimum Gasteiger partial charge on any atom is -0.478 e. The number of aromatic carboxylic acids is 2. The summed E-state index contributed by atoms with van der Waals surface area (Å²) in [5, 5.41) is 16.9. The van der Waals surface area contributed by atoms with E-state index in [1.165, 1.54) is 24.3 Å². The van der Waals surface area contributed by atoms with Crippen LogP contribution in [0, 0.1) is 0 Å². The number of rotatable bonds is 6. The molecule has 110 valence electrons. The molecule has 0 aromatic heterocycles. The van der Waals surface area contributed by atoms with Crippen molar-refractivity contribution in [3.63, 3.8) is 0 Å². The van der Waals surface area contributed by atoms with Crippen LogP contribution in [0.15, 0.2) is 36.5 Å². The lowest BCUT2D eigenvalue weighted by Gasteiger charge is -1.94. The van der Waals surface area contributed by atoms with E-state index < -0.39 is 11.9 Å². The van der Waals surface area contributed by atoms with Gasteiger partial charge < -0.3 is 21.7 Å². The van der Waals surface area contributed by atoms with Gasteiger partial charge >= 0.3 is 11.9 Å². The molecule has 20 heavy (non-hydrogen) atoms. The molecule has 0 aliphatic rings. The van der Waals surface area contributed by atoms with Gasteiger partial charge in [0.25, 0.3) is 0 Å². The van der Waals surface area contributed by atoms with Crippen molar-refractivity contribution in [1.82, 2.24) is 0 Å². The maximum Gasteiger partial charge on any atom is 0.335 e. The molecule has 0 bridgehead atoms. The third-order valence-electron chi connectivity index (χ3n) is 2.34. The van der Waals surface area contributed by atoms with Crippen LogP contribution in [-0.2, 0) is 0 Å². The van der Waals surface area contributed by atoms with Crippen molar-refractivity contribution in [2.24, 2.45) is 11.5 Å². The molecule has 0 unspecified atom stereocenters. The molecule has 0 aliphatic heterocycles. The Morgan fingerprint density at radius 1 is 1.00 bits per heavy atom. The quantitative estimate of drug-likeness (QED) is 0.587. The third kappa shape index (κ3) is 7.88. The van der Waals surface area contributed by atoms with Crippen LogP contribution in [0.2, 0.25) is 0 Å². The number of carbonyl (C=O) groups is 2. The Labute approximate surface area is 117 Å². The summed E-state index contributed by atoms with van der Waals surface area (Å²) in [4.78, 5) is 20.7. The van der Waals surface area contributed by atoms with E-state index in [2.05, 4.69) is 0 Å². The summed E-state index contributed by atoms with van der Waals surface area (Å²) >= 11 is 0. The number of carboxylic acids is 2. The molecule has 0 amide bonds. The molecule has 0 saturated carbocycles. The standard InChI is InChI=1S/C8H6O4.C6H14N2/c9-7(10)5-1-2-6(4-3-5)8(11)12;7-5-3-1-2-4-6-8/h1-4H,(H,9,10)(H,11,12);3,5H,1-2,4,6-8H2. The second-order valence-corrected chi connectivity index (χ2v) is 3.90. The highest BCUT2D eigenvalue weighted by atomic mass is 16.4. The van der Waals surface area contributed by atoms with Crippen molar-refractivity contribution >= 4 is 11.9 Å². The topological polar surface area (TPSA) is 127 Å². The summed E-state index contributed by atoms with van der Waals surface area (Å²) in [6.45, 7) is 0.790. The molecular formula is C14H20N2O4. The van der Waals surface area contributed by atoms with Crippen molar-refractivity contribution in [3.05, 3.63) is 47.7 Å². The van der Waals surface area contributed by atoms with Gasteiger partial charge in [-0.25, -0.2) is 9.59 Å². The Morgan fingerprint density at radius 2 is 1.45 bits per heavy atom. The van der Waals surface area contributed by atoms with E-state index in [1.54, 1.807) is 6.20 Å². The number of nitrogens with two attached hydrogens (primary N) is 2. The van der Waals surface area contributed by atoms with Gasteiger partial charge in [0.1, 0.15) is 0 Å². The summed E-state index contributed by atoms with van der Waals surface area (Å²) in [6.07, 6.45) is 6.86. The van der Waals surface area contributed by atoms with Gasteiger partial charge in [-0.1, -0.05) is 6.08 Å². The lowest BCUT2D eigenvalue weighted by Crippen LogP contribution is -1.99. The molecule has 1 rings (SSSR count). The minimum absolute atomic E-state index is 0.0833. The average Bonchev–Trinajstić information content (AvgIpc) is 2.44. The summed E-state index contributed by atoms with van der Waals surface area (Å²) in [5.74, 6) is -2.13. The highest BCUT2D eigenvalue weighted by Crippen LogP contribution is 2.03. The molecular weight excluding hydrogens is 260 g/mol. The van der Waals surface area contributed by atoms with Crippen LogP contribution in [-0.4, -0.2) is 28.7 Å².